The fourth-order valence-electron chi connectivity index (χ4n) is 2.88. The van der Waals surface area contributed by atoms with E-state index in [0.717, 1.165) is 11.1 Å². The van der Waals surface area contributed by atoms with E-state index < -0.39 is 5.54 Å². The van der Waals surface area contributed by atoms with Gasteiger partial charge in [0.1, 0.15) is 5.54 Å². The SMILES string of the molecule is CC(C)(C)c1ccc(CN2C(=O)NC(C)(c3ccsc3)C2=O)cc1. The van der Waals surface area contributed by atoms with Gasteiger partial charge in [-0.1, -0.05) is 45.0 Å². The maximum absolute atomic E-state index is 12.8. The predicted molar refractivity (Wildman–Crippen MR) is 95.9 cm³/mol. The summed E-state index contributed by atoms with van der Waals surface area (Å²) in [6.07, 6.45) is 0. The van der Waals surface area contributed by atoms with Crippen molar-refractivity contribution >= 4 is 23.3 Å². The molecule has 3 rings (SSSR count). The first kappa shape index (κ1) is 16.7. The highest BCUT2D eigenvalue weighted by Gasteiger charge is 2.49. The van der Waals surface area contributed by atoms with Crippen molar-refractivity contribution in [1.82, 2.24) is 10.2 Å². The molecule has 1 aromatic carbocycles. The largest absolute Gasteiger partial charge is 0.325 e. The van der Waals surface area contributed by atoms with Gasteiger partial charge in [-0.2, -0.15) is 11.3 Å². The maximum Gasteiger partial charge on any atom is 0.325 e. The molecular weight excluding hydrogens is 320 g/mol. The van der Waals surface area contributed by atoms with Crippen LogP contribution in [-0.2, 0) is 22.3 Å². The maximum atomic E-state index is 12.8. The van der Waals surface area contributed by atoms with Crippen molar-refractivity contribution in [2.45, 2.75) is 45.2 Å². The van der Waals surface area contributed by atoms with E-state index in [1.807, 2.05) is 29.0 Å². The predicted octanol–water partition coefficient (Wildman–Crippen LogP) is 4.01. The molecule has 1 aromatic heterocycles. The van der Waals surface area contributed by atoms with Crippen LogP contribution in [0.1, 0.15) is 44.4 Å². The van der Waals surface area contributed by atoms with Crippen LogP contribution in [0.4, 0.5) is 4.79 Å². The third-order valence-electron chi connectivity index (χ3n) is 4.53. The third kappa shape index (κ3) is 2.84. The van der Waals surface area contributed by atoms with Gasteiger partial charge in [-0.3, -0.25) is 9.69 Å². The molecule has 3 amide bonds. The van der Waals surface area contributed by atoms with E-state index in [1.165, 1.54) is 21.8 Å². The van der Waals surface area contributed by atoms with Gasteiger partial charge in [0.25, 0.3) is 5.91 Å². The average molecular weight is 342 g/mol. The molecule has 2 heterocycles. The lowest BCUT2D eigenvalue weighted by atomic mass is 9.87. The smallest absolute Gasteiger partial charge is 0.319 e. The molecule has 1 saturated heterocycles. The quantitative estimate of drug-likeness (QED) is 0.857. The molecule has 1 atom stereocenters. The van der Waals surface area contributed by atoms with E-state index in [2.05, 4.69) is 38.2 Å². The summed E-state index contributed by atoms with van der Waals surface area (Å²) >= 11 is 1.52. The molecular formula is C19H22N2O2S. The first-order valence-corrected chi connectivity index (χ1v) is 8.92. The van der Waals surface area contributed by atoms with Crippen molar-refractivity contribution in [3.05, 3.63) is 57.8 Å². The Balaban J connectivity index is 1.81. The van der Waals surface area contributed by atoms with Gasteiger partial charge in [-0.25, -0.2) is 4.79 Å². The van der Waals surface area contributed by atoms with Crippen LogP contribution in [0.2, 0.25) is 0 Å². The molecule has 4 nitrogen and oxygen atoms in total. The van der Waals surface area contributed by atoms with Crippen LogP contribution < -0.4 is 5.32 Å². The Kier molecular flexibility index (Phi) is 4.00. The third-order valence-corrected chi connectivity index (χ3v) is 5.22. The number of hydrogen-bond acceptors (Lipinski definition) is 3. The fraction of sp³-hybridized carbons (Fsp3) is 0.368. The van der Waals surface area contributed by atoms with Gasteiger partial charge in [-0.05, 0) is 45.9 Å². The van der Waals surface area contributed by atoms with Crippen LogP contribution >= 0.6 is 11.3 Å². The second kappa shape index (κ2) is 5.74. The van der Waals surface area contributed by atoms with Gasteiger partial charge < -0.3 is 5.32 Å². The van der Waals surface area contributed by atoms with Crippen molar-refractivity contribution in [2.75, 3.05) is 0 Å². The summed E-state index contributed by atoms with van der Waals surface area (Å²) in [7, 11) is 0. The Bertz CT molecular complexity index is 760. The highest BCUT2D eigenvalue weighted by atomic mass is 32.1. The second-order valence-electron chi connectivity index (χ2n) is 7.41. The zero-order valence-corrected chi connectivity index (χ0v) is 15.2. The number of imide groups is 1. The molecule has 0 radical (unpaired) electrons. The van der Waals surface area contributed by atoms with Crippen LogP contribution in [0.3, 0.4) is 0 Å². The van der Waals surface area contributed by atoms with Crippen molar-refractivity contribution in [2.24, 2.45) is 0 Å². The lowest BCUT2D eigenvalue weighted by Crippen LogP contribution is -2.40. The van der Waals surface area contributed by atoms with E-state index in [-0.39, 0.29) is 23.9 Å². The molecule has 1 fully saturated rings. The number of nitrogens with one attached hydrogen (secondary N) is 1. The molecule has 1 aliphatic rings. The number of carbonyl (C=O) groups is 2. The van der Waals surface area contributed by atoms with Gasteiger partial charge in [0, 0.05) is 0 Å². The Hall–Kier alpha value is -2.14. The Morgan fingerprint density at radius 1 is 1.12 bits per heavy atom. The molecule has 1 unspecified atom stereocenters. The highest BCUT2D eigenvalue weighted by molar-refractivity contribution is 7.08. The van der Waals surface area contributed by atoms with Gasteiger partial charge in [0.05, 0.1) is 6.54 Å². The summed E-state index contributed by atoms with van der Waals surface area (Å²) in [6.45, 7) is 8.52. The van der Waals surface area contributed by atoms with Gasteiger partial charge in [0.2, 0.25) is 0 Å². The molecule has 24 heavy (non-hydrogen) atoms. The molecule has 0 saturated carbocycles. The van der Waals surface area contributed by atoms with E-state index >= 15 is 0 Å². The van der Waals surface area contributed by atoms with Crippen molar-refractivity contribution in [3.8, 4) is 0 Å². The summed E-state index contributed by atoms with van der Waals surface area (Å²) in [6, 6.07) is 9.64. The van der Waals surface area contributed by atoms with Crippen LogP contribution in [0.15, 0.2) is 41.1 Å². The van der Waals surface area contributed by atoms with E-state index in [4.69, 9.17) is 0 Å². The number of thiophene rings is 1. The van der Waals surface area contributed by atoms with Gasteiger partial charge in [-0.15, -0.1) is 0 Å². The lowest BCUT2D eigenvalue weighted by Gasteiger charge is -2.21. The minimum absolute atomic E-state index is 0.0802. The van der Waals surface area contributed by atoms with Gasteiger partial charge in [0.15, 0.2) is 0 Å². The summed E-state index contributed by atoms with van der Waals surface area (Å²) in [5.41, 5.74) is 2.11. The summed E-state index contributed by atoms with van der Waals surface area (Å²) in [4.78, 5) is 26.4. The monoisotopic (exact) mass is 342 g/mol. The van der Waals surface area contributed by atoms with Crippen molar-refractivity contribution < 1.29 is 9.59 Å². The van der Waals surface area contributed by atoms with E-state index in [1.54, 1.807) is 6.92 Å². The number of hydrogen-bond donors (Lipinski definition) is 1. The van der Waals surface area contributed by atoms with Crippen molar-refractivity contribution in [3.63, 3.8) is 0 Å². The van der Waals surface area contributed by atoms with Crippen LogP contribution in [0, 0.1) is 0 Å². The molecule has 126 valence electrons. The fourth-order valence-corrected chi connectivity index (χ4v) is 3.64. The first-order valence-electron chi connectivity index (χ1n) is 7.98. The molecule has 1 N–H and O–H groups in total. The number of benzene rings is 1. The van der Waals surface area contributed by atoms with Crippen LogP contribution in [-0.4, -0.2) is 16.8 Å². The summed E-state index contributed by atoms with van der Waals surface area (Å²) in [5, 5.41) is 6.65. The molecule has 1 aliphatic heterocycles. The number of carbonyl (C=O) groups excluding carboxylic acids is 2. The number of rotatable bonds is 3. The van der Waals surface area contributed by atoms with Crippen LogP contribution in [0.25, 0.3) is 0 Å². The first-order chi connectivity index (χ1) is 11.2. The number of amides is 3. The molecule has 0 bridgehead atoms. The van der Waals surface area contributed by atoms with Crippen molar-refractivity contribution in [1.29, 1.82) is 0 Å². The molecule has 0 aliphatic carbocycles. The standard InChI is InChI=1S/C19H22N2O2S/c1-18(2,3)14-7-5-13(6-8-14)11-21-16(22)19(4,20-17(21)23)15-9-10-24-12-15/h5-10,12H,11H2,1-4H3,(H,20,23). The zero-order valence-electron chi connectivity index (χ0n) is 14.4. The van der Waals surface area contributed by atoms with E-state index in [9.17, 15) is 9.59 Å². The Morgan fingerprint density at radius 2 is 1.79 bits per heavy atom. The number of nitrogens with zero attached hydrogens (tertiary/aromatic N) is 1. The van der Waals surface area contributed by atoms with Gasteiger partial charge >= 0.3 is 6.03 Å². The Labute approximate surface area is 146 Å². The molecule has 2 aromatic rings. The summed E-state index contributed by atoms with van der Waals surface area (Å²) in [5.74, 6) is -0.203. The zero-order chi connectivity index (χ0) is 17.5. The second-order valence-corrected chi connectivity index (χ2v) is 8.19. The lowest BCUT2D eigenvalue weighted by molar-refractivity contribution is -0.131. The molecule has 0 spiro atoms. The minimum Gasteiger partial charge on any atom is -0.319 e. The minimum atomic E-state index is -0.970. The average Bonchev–Trinajstić information content (AvgIpc) is 3.12. The highest BCUT2D eigenvalue weighted by Crippen LogP contribution is 2.31. The Morgan fingerprint density at radius 3 is 2.33 bits per heavy atom. The number of urea groups is 1. The summed E-state index contributed by atoms with van der Waals surface area (Å²) < 4.78 is 0. The topological polar surface area (TPSA) is 49.4 Å². The molecule has 5 heteroatoms. The van der Waals surface area contributed by atoms with Crippen LogP contribution in [0.5, 0.6) is 0 Å². The van der Waals surface area contributed by atoms with E-state index in [0.29, 0.717) is 0 Å². The normalized spacial score (nSPS) is 21.2.